The number of rotatable bonds is 7. The Morgan fingerprint density at radius 2 is 2.11 bits per heavy atom. The van der Waals surface area contributed by atoms with E-state index in [-0.39, 0.29) is 5.91 Å². The number of amides is 1. The second-order valence-corrected chi connectivity index (χ2v) is 9.28. The molecule has 0 spiro atoms. The third-order valence-corrected chi connectivity index (χ3v) is 6.51. The first kappa shape index (κ1) is 23.3. The van der Waals surface area contributed by atoms with Crippen molar-refractivity contribution in [3.63, 3.8) is 0 Å². The standard InChI is InChI=1S/C25H27ClN6O3/c1-2-35-21-8-7-17(26)13-18(21)22-20(15-31(30-22)16-25(34)9-4-3-5-10-25)29-24(33)19-14-28-32-12-6-11-27-23(19)32/h6-8,11-15,34H,2-5,9-10,16H2,1H3,(H,29,33). The minimum Gasteiger partial charge on any atom is -0.493 e. The summed E-state index contributed by atoms with van der Waals surface area (Å²) in [5.41, 5.74) is 1.61. The molecule has 1 saturated carbocycles. The lowest BCUT2D eigenvalue weighted by Gasteiger charge is -2.31. The summed E-state index contributed by atoms with van der Waals surface area (Å²) in [5, 5.41) is 23.6. The van der Waals surface area contributed by atoms with Crippen molar-refractivity contribution in [2.75, 3.05) is 11.9 Å². The number of nitrogens with zero attached hydrogens (tertiary/aromatic N) is 5. The fourth-order valence-corrected chi connectivity index (χ4v) is 4.78. The molecule has 2 N–H and O–H groups in total. The molecule has 1 amide bonds. The highest BCUT2D eigenvalue weighted by Gasteiger charge is 2.31. The van der Waals surface area contributed by atoms with Crippen LogP contribution in [0.25, 0.3) is 16.9 Å². The van der Waals surface area contributed by atoms with Crippen LogP contribution in [0.4, 0.5) is 5.69 Å². The van der Waals surface area contributed by atoms with E-state index in [0.29, 0.717) is 52.1 Å². The number of aromatic nitrogens is 5. The third-order valence-electron chi connectivity index (χ3n) is 6.27. The topological polar surface area (TPSA) is 107 Å². The number of aliphatic hydroxyl groups is 1. The minimum absolute atomic E-state index is 0.332. The fourth-order valence-electron chi connectivity index (χ4n) is 4.61. The van der Waals surface area contributed by atoms with Crippen LogP contribution >= 0.6 is 11.6 Å². The number of halogens is 1. The zero-order valence-corrected chi connectivity index (χ0v) is 20.2. The predicted molar refractivity (Wildman–Crippen MR) is 133 cm³/mol. The Labute approximate surface area is 207 Å². The van der Waals surface area contributed by atoms with Crippen molar-refractivity contribution in [3.05, 3.63) is 59.6 Å². The number of benzene rings is 1. The second kappa shape index (κ2) is 9.67. The number of carbonyl (C=O) groups is 1. The number of hydrogen-bond donors (Lipinski definition) is 2. The molecule has 0 atom stereocenters. The van der Waals surface area contributed by atoms with Crippen molar-refractivity contribution < 1.29 is 14.6 Å². The quantitative estimate of drug-likeness (QED) is 0.389. The van der Waals surface area contributed by atoms with E-state index in [1.165, 1.54) is 6.20 Å². The van der Waals surface area contributed by atoms with E-state index in [1.54, 1.807) is 52.1 Å². The molecule has 1 aliphatic rings. The monoisotopic (exact) mass is 494 g/mol. The van der Waals surface area contributed by atoms with Crippen LogP contribution in [0.3, 0.4) is 0 Å². The normalized spacial score (nSPS) is 15.3. The first-order valence-corrected chi connectivity index (χ1v) is 12.2. The Balaban J connectivity index is 1.54. The summed E-state index contributed by atoms with van der Waals surface area (Å²) in [7, 11) is 0. The number of anilines is 1. The zero-order chi connectivity index (χ0) is 24.4. The summed E-state index contributed by atoms with van der Waals surface area (Å²) in [4.78, 5) is 17.5. The Hall–Kier alpha value is -3.43. The van der Waals surface area contributed by atoms with Gasteiger partial charge in [-0.05, 0) is 44.0 Å². The second-order valence-electron chi connectivity index (χ2n) is 8.85. The third kappa shape index (κ3) is 4.87. The average molecular weight is 495 g/mol. The first-order valence-electron chi connectivity index (χ1n) is 11.8. The maximum absolute atomic E-state index is 13.3. The lowest BCUT2D eigenvalue weighted by atomic mass is 9.85. The first-order chi connectivity index (χ1) is 17.0. The highest BCUT2D eigenvalue weighted by atomic mass is 35.5. The smallest absolute Gasteiger partial charge is 0.261 e. The van der Waals surface area contributed by atoms with Gasteiger partial charge in [-0.25, -0.2) is 9.50 Å². The van der Waals surface area contributed by atoms with Gasteiger partial charge in [0.1, 0.15) is 17.0 Å². The molecule has 3 aromatic heterocycles. The molecule has 35 heavy (non-hydrogen) atoms. The van der Waals surface area contributed by atoms with Gasteiger partial charge in [0.05, 0.1) is 30.6 Å². The number of ether oxygens (including phenoxy) is 1. The van der Waals surface area contributed by atoms with E-state index in [2.05, 4.69) is 15.4 Å². The van der Waals surface area contributed by atoms with Crippen LogP contribution in [-0.2, 0) is 6.54 Å². The Morgan fingerprint density at radius 1 is 1.29 bits per heavy atom. The summed E-state index contributed by atoms with van der Waals surface area (Å²) in [5.74, 6) is 0.238. The number of hydrogen-bond acceptors (Lipinski definition) is 6. The lowest BCUT2D eigenvalue weighted by molar-refractivity contribution is -0.0142. The van der Waals surface area contributed by atoms with E-state index in [4.69, 9.17) is 21.4 Å². The van der Waals surface area contributed by atoms with Crippen molar-refractivity contribution in [3.8, 4) is 17.0 Å². The maximum atomic E-state index is 13.3. The summed E-state index contributed by atoms with van der Waals surface area (Å²) >= 11 is 6.32. The molecule has 0 unspecified atom stereocenters. The van der Waals surface area contributed by atoms with Crippen LogP contribution in [0.1, 0.15) is 49.4 Å². The van der Waals surface area contributed by atoms with Gasteiger partial charge in [-0.2, -0.15) is 10.2 Å². The van der Waals surface area contributed by atoms with Crippen LogP contribution in [0, 0.1) is 0 Å². The largest absolute Gasteiger partial charge is 0.493 e. The van der Waals surface area contributed by atoms with E-state index in [9.17, 15) is 9.90 Å². The summed E-state index contributed by atoms with van der Waals surface area (Å²) < 4.78 is 9.06. The fraction of sp³-hybridized carbons (Fsp3) is 0.360. The number of fused-ring (bicyclic) bond motifs is 1. The highest BCUT2D eigenvalue weighted by Crippen LogP contribution is 2.37. The molecule has 0 aliphatic heterocycles. The van der Waals surface area contributed by atoms with Gasteiger partial charge in [0.2, 0.25) is 0 Å². The van der Waals surface area contributed by atoms with Gasteiger partial charge in [0.25, 0.3) is 5.91 Å². The Morgan fingerprint density at radius 3 is 2.91 bits per heavy atom. The molecular weight excluding hydrogens is 468 g/mol. The van der Waals surface area contributed by atoms with Gasteiger partial charge in [-0.3, -0.25) is 9.48 Å². The van der Waals surface area contributed by atoms with Crippen LogP contribution in [0.5, 0.6) is 5.75 Å². The highest BCUT2D eigenvalue weighted by molar-refractivity contribution is 6.31. The van der Waals surface area contributed by atoms with Crippen LogP contribution < -0.4 is 10.1 Å². The molecule has 0 bridgehead atoms. The van der Waals surface area contributed by atoms with Crippen molar-refractivity contribution in [1.29, 1.82) is 0 Å². The van der Waals surface area contributed by atoms with Gasteiger partial charge in [0, 0.05) is 29.2 Å². The van der Waals surface area contributed by atoms with Crippen molar-refractivity contribution in [2.24, 2.45) is 0 Å². The maximum Gasteiger partial charge on any atom is 0.261 e. The average Bonchev–Trinajstić information content (AvgIpc) is 3.44. The minimum atomic E-state index is -0.827. The number of nitrogens with one attached hydrogen (secondary N) is 1. The SMILES string of the molecule is CCOc1ccc(Cl)cc1-c1nn(CC2(O)CCCCC2)cc1NC(=O)c1cnn2cccnc12. The van der Waals surface area contributed by atoms with Gasteiger partial charge < -0.3 is 15.2 Å². The molecule has 182 valence electrons. The van der Waals surface area contributed by atoms with E-state index >= 15 is 0 Å². The molecule has 1 aliphatic carbocycles. The molecule has 1 aromatic carbocycles. The molecule has 0 radical (unpaired) electrons. The molecule has 3 heterocycles. The molecule has 1 fully saturated rings. The molecule has 5 rings (SSSR count). The molecule has 0 saturated heterocycles. The Kier molecular flexibility index (Phi) is 6.44. The molecule has 9 nitrogen and oxygen atoms in total. The van der Waals surface area contributed by atoms with Gasteiger partial charge in [-0.15, -0.1) is 0 Å². The summed E-state index contributed by atoms with van der Waals surface area (Å²) in [6.07, 6.45) is 11.1. The predicted octanol–water partition coefficient (Wildman–Crippen LogP) is 4.59. The molecule has 10 heteroatoms. The van der Waals surface area contributed by atoms with E-state index < -0.39 is 5.60 Å². The van der Waals surface area contributed by atoms with Crippen LogP contribution in [-0.4, -0.2) is 47.6 Å². The van der Waals surface area contributed by atoms with Crippen LogP contribution in [0.2, 0.25) is 5.02 Å². The summed E-state index contributed by atoms with van der Waals surface area (Å²) in [6, 6.07) is 7.05. The van der Waals surface area contributed by atoms with Gasteiger partial charge in [0.15, 0.2) is 5.65 Å². The molecule has 4 aromatic rings. The van der Waals surface area contributed by atoms with Crippen molar-refractivity contribution in [2.45, 2.75) is 51.2 Å². The molecular formula is C25H27ClN6O3. The van der Waals surface area contributed by atoms with E-state index in [1.807, 2.05) is 6.92 Å². The van der Waals surface area contributed by atoms with Gasteiger partial charge >= 0.3 is 0 Å². The lowest BCUT2D eigenvalue weighted by Crippen LogP contribution is -2.36. The van der Waals surface area contributed by atoms with Crippen molar-refractivity contribution in [1.82, 2.24) is 24.4 Å². The van der Waals surface area contributed by atoms with Crippen molar-refractivity contribution >= 4 is 28.8 Å². The van der Waals surface area contributed by atoms with Crippen LogP contribution in [0.15, 0.2) is 49.1 Å². The zero-order valence-electron chi connectivity index (χ0n) is 19.4. The van der Waals surface area contributed by atoms with Gasteiger partial charge in [-0.1, -0.05) is 30.9 Å². The summed E-state index contributed by atoms with van der Waals surface area (Å²) in [6.45, 7) is 2.69. The van der Waals surface area contributed by atoms with E-state index in [0.717, 1.165) is 32.1 Å². The Bertz CT molecular complexity index is 1360. The number of carbonyl (C=O) groups excluding carboxylic acids is 1.